The van der Waals surface area contributed by atoms with Gasteiger partial charge in [0, 0.05) is 0 Å². The number of carbonyl (C=O) groups excluding carboxylic acids is 2. The van der Waals surface area contributed by atoms with Crippen molar-refractivity contribution in [2.24, 2.45) is 17.8 Å². The van der Waals surface area contributed by atoms with E-state index in [1.54, 1.807) is 4.90 Å². The monoisotopic (exact) mass is 341 g/mol. The normalized spacial score (nSPS) is 32.7. The average molecular weight is 341 g/mol. The summed E-state index contributed by atoms with van der Waals surface area (Å²) in [6.45, 7) is 2.75. The number of carbonyl (C=O) groups is 2. The van der Waals surface area contributed by atoms with Crippen LogP contribution in [0.3, 0.4) is 0 Å². The molecule has 1 aromatic carbocycles. The number of benzene rings is 1. The molecule has 1 saturated carbocycles. The van der Waals surface area contributed by atoms with Crippen LogP contribution < -0.4 is 4.90 Å². The van der Waals surface area contributed by atoms with Crippen LogP contribution in [0.5, 0.6) is 0 Å². The molecule has 134 valence electrons. The molecule has 2 saturated heterocycles. The number of likely N-dealkylation sites (tertiary alicyclic amines) is 2. The van der Waals surface area contributed by atoms with E-state index in [4.69, 9.17) is 0 Å². The van der Waals surface area contributed by atoms with Crippen molar-refractivity contribution in [1.82, 2.24) is 4.90 Å². The molecule has 3 aliphatic rings. The first-order valence-corrected chi connectivity index (χ1v) is 9.95. The van der Waals surface area contributed by atoms with Crippen LogP contribution in [0.1, 0.15) is 44.1 Å². The Labute approximate surface area is 150 Å². The maximum absolute atomic E-state index is 12.6. The average Bonchev–Trinajstić information content (AvgIpc) is 2.89. The topological polar surface area (TPSA) is 41.8 Å². The predicted molar refractivity (Wildman–Crippen MR) is 95.7 cm³/mol. The van der Waals surface area contributed by atoms with Crippen molar-refractivity contribution in [3.8, 4) is 0 Å². The number of imide groups is 1. The maximum Gasteiger partial charge on any atom is 0.237 e. The molecule has 2 heterocycles. The van der Waals surface area contributed by atoms with Crippen LogP contribution in [0.15, 0.2) is 30.3 Å². The van der Waals surface area contributed by atoms with E-state index < -0.39 is 0 Å². The summed E-state index contributed by atoms with van der Waals surface area (Å²) in [7, 11) is 0. The van der Waals surface area contributed by atoms with Crippen LogP contribution >= 0.6 is 0 Å². The Morgan fingerprint density at radius 1 is 0.880 bits per heavy atom. The number of quaternary nitrogens is 1. The third-order valence-electron chi connectivity index (χ3n) is 6.49. The highest BCUT2D eigenvalue weighted by molar-refractivity contribution is 6.05. The number of nitrogens with zero attached hydrogens (tertiary/aromatic N) is 1. The second-order valence-electron chi connectivity index (χ2n) is 8.14. The molecular formula is C21H29N2O2+. The number of piperidine rings is 1. The van der Waals surface area contributed by atoms with Crippen LogP contribution in [0.4, 0.5) is 0 Å². The van der Waals surface area contributed by atoms with Crippen LogP contribution in [0.2, 0.25) is 0 Å². The van der Waals surface area contributed by atoms with Crippen molar-refractivity contribution in [2.45, 2.75) is 44.9 Å². The molecule has 4 rings (SSSR count). The first-order valence-electron chi connectivity index (χ1n) is 9.95. The molecule has 2 amide bonds. The minimum atomic E-state index is -0.00345. The Balaban J connectivity index is 1.30. The first-order chi connectivity index (χ1) is 12.2. The quantitative estimate of drug-likeness (QED) is 0.847. The summed E-state index contributed by atoms with van der Waals surface area (Å²) >= 11 is 0. The molecule has 4 nitrogen and oxygen atoms in total. The maximum atomic E-state index is 12.6. The molecule has 4 heteroatoms. The van der Waals surface area contributed by atoms with E-state index in [2.05, 4.69) is 30.3 Å². The van der Waals surface area contributed by atoms with Crippen LogP contribution in [-0.4, -0.2) is 36.5 Å². The zero-order chi connectivity index (χ0) is 17.2. The molecule has 0 aromatic heterocycles. The lowest BCUT2D eigenvalue weighted by molar-refractivity contribution is -0.913. The number of rotatable bonds is 4. The predicted octanol–water partition coefficient (Wildman–Crippen LogP) is 1.66. The summed E-state index contributed by atoms with van der Waals surface area (Å²) in [5, 5.41) is 0. The van der Waals surface area contributed by atoms with Gasteiger partial charge in [0.1, 0.15) is 0 Å². The summed E-state index contributed by atoms with van der Waals surface area (Å²) in [6.07, 6.45) is 7.57. The van der Waals surface area contributed by atoms with E-state index >= 15 is 0 Å². The summed E-state index contributed by atoms with van der Waals surface area (Å²) < 4.78 is 0. The van der Waals surface area contributed by atoms with Gasteiger partial charge in [0.15, 0.2) is 6.67 Å². The standard InChI is InChI=1S/C21H28N2O2/c24-20-18-8-4-5-9-19(18)21(25)23(20)15-22-12-10-17(11-13-22)14-16-6-2-1-3-7-16/h1-3,6-7,17-19H,4-5,8-15H2/p+1/t18-,19-/m1/s1. The third kappa shape index (κ3) is 3.50. The minimum Gasteiger partial charge on any atom is -0.317 e. The second-order valence-corrected chi connectivity index (χ2v) is 8.14. The number of fused-ring (bicyclic) bond motifs is 1. The van der Waals surface area contributed by atoms with Gasteiger partial charge in [0.25, 0.3) is 0 Å². The largest absolute Gasteiger partial charge is 0.317 e. The minimum absolute atomic E-state index is 0.00345. The lowest BCUT2D eigenvalue weighted by atomic mass is 9.81. The Kier molecular flexibility index (Phi) is 4.89. The molecule has 3 fully saturated rings. The number of nitrogens with one attached hydrogen (secondary N) is 1. The first kappa shape index (κ1) is 16.8. The van der Waals surface area contributed by atoms with Crippen molar-refractivity contribution in [3.05, 3.63) is 35.9 Å². The van der Waals surface area contributed by atoms with E-state index in [0.29, 0.717) is 6.67 Å². The van der Waals surface area contributed by atoms with Crippen molar-refractivity contribution < 1.29 is 14.5 Å². The zero-order valence-corrected chi connectivity index (χ0v) is 15.0. The molecule has 0 unspecified atom stereocenters. The zero-order valence-electron chi connectivity index (χ0n) is 15.0. The molecule has 1 N–H and O–H groups in total. The fraction of sp³-hybridized carbons (Fsp3) is 0.619. The highest BCUT2D eigenvalue weighted by Gasteiger charge is 2.49. The smallest absolute Gasteiger partial charge is 0.237 e. The molecule has 0 spiro atoms. The van der Waals surface area contributed by atoms with E-state index in [1.807, 2.05) is 0 Å². The van der Waals surface area contributed by atoms with Gasteiger partial charge in [-0.15, -0.1) is 0 Å². The van der Waals surface area contributed by atoms with Crippen molar-refractivity contribution in [3.63, 3.8) is 0 Å². The highest BCUT2D eigenvalue weighted by Crippen LogP contribution is 2.37. The van der Waals surface area contributed by atoms with Gasteiger partial charge in [-0.25, -0.2) is 4.90 Å². The van der Waals surface area contributed by atoms with Gasteiger partial charge in [-0.2, -0.15) is 0 Å². The summed E-state index contributed by atoms with van der Waals surface area (Å²) in [5.41, 5.74) is 1.42. The van der Waals surface area contributed by atoms with E-state index in [1.165, 1.54) is 23.3 Å². The lowest BCUT2D eigenvalue weighted by Crippen LogP contribution is -3.14. The van der Waals surface area contributed by atoms with Gasteiger partial charge in [0.05, 0.1) is 24.9 Å². The van der Waals surface area contributed by atoms with Crippen LogP contribution in [-0.2, 0) is 16.0 Å². The summed E-state index contributed by atoms with van der Waals surface area (Å²) in [4.78, 5) is 28.3. The Bertz CT molecular complexity index is 598. The number of hydrogen-bond donors (Lipinski definition) is 1. The van der Waals surface area contributed by atoms with Gasteiger partial charge in [-0.05, 0) is 43.6 Å². The Hall–Kier alpha value is -1.68. The third-order valence-corrected chi connectivity index (χ3v) is 6.49. The summed E-state index contributed by atoms with van der Waals surface area (Å²) in [5.74, 6) is 0.966. The van der Waals surface area contributed by atoms with Gasteiger partial charge in [0.2, 0.25) is 11.8 Å². The molecular weight excluding hydrogens is 312 g/mol. The molecule has 2 atom stereocenters. The summed E-state index contributed by atoms with van der Waals surface area (Å²) in [6, 6.07) is 10.7. The fourth-order valence-electron chi connectivity index (χ4n) is 5.01. The fourth-order valence-corrected chi connectivity index (χ4v) is 5.01. The van der Waals surface area contributed by atoms with Gasteiger partial charge in [-0.1, -0.05) is 43.2 Å². The Morgan fingerprint density at radius 2 is 1.48 bits per heavy atom. The van der Waals surface area contributed by atoms with Gasteiger partial charge < -0.3 is 4.90 Å². The Morgan fingerprint density at radius 3 is 2.08 bits per heavy atom. The van der Waals surface area contributed by atoms with Gasteiger partial charge in [-0.3, -0.25) is 9.59 Å². The molecule has 25 heavy (non-hydrogen) atoms. The number of amides is 2. The molecule has 1 aliphatic carbocycles. The molecule has 0 bridgehead atoms. The molecule has 0 radical (unpaired) electrons. The number of hydrogen-bond acceptors (Lipinski definition) is 2. The van der Waals surface area contributed by atoms with Crippen LogP contribution in [0.25, 0.3) is 0 Å². The second kappa shape index (κ2) is 7.28. The van der Waals surface area contributed by atoms with E-state index in [9.17, 15) is 9.59 Å². The van der Waals surface area contributed by atoms with Crippen molar-refractivity contribution in [1.29, 1.82) is 0 Å². The van der Waals surface area contributed by atoms with Crippen LogP contribution in [0, 0.1) is 17.8 Å². The van der Waals surface area contributed by atoms with E-state index in [-0.39, 0.29) is 23.7 Å². The molecule has 2 aliphatic heterocycles. The van der Waals surface area contributed by atoms with Gasteiger partial charge >= 0.3 is 0 Å². The lowest BCUT2D eigenvalue weighted by Gasteiger charge is -2.31. The SMILES string of the molecule is O=C1[C@@H]2CCCC[C@H]2C(=O)N1C[NH+]1CCC(Cc2ccccc2)CC1. The molecule has 1 aromatic rings. The van der Waals surface area contributed by atoms with E-state index in [0.717, 1.165) is 51.1 Å². The highest BCUT2D eigenvalue weighted by atomic mass is 16.2. The van der Waals surface area contributed by atoms with Crippen molar-refractivity contribution in [2.75, 3.05) is 19.8 Å². The van der Waals surface area contributed by atoms with Crippen molar-refractivity contribution >= 4 is 11.8 Å².